The van der Waals surface area contributed by atoms with Crippen molar-refractivity contribution in [3.8, 4) is 11.5 Å². The van der Waals surface area contributed by atoms with Crippen molar-refractivity contribution >= 4 is 27.9 Å². The summed E-state index contributed by atoms with van der Waals surface area (Å²) in [4.78, 5) is 29.5. The number of cyclic esters (lactones) is 1. The summed E-state index contributed by atoms with van der Waals surface area (Å²) in [5.74, 6) is 0.995. The van der Waals surface area contributed by atoms with Gasteiger partial charge in [-0.15, -0.1) is 0 Å². The van der Waals surface area contributed by atoms with E-state index in [9.17, 15) is 9.59 Å². The van der Waals surface area contributed by atoms with E-state index < -0.39 is 0 Å². The smallest absolute Gasteiger partial charge is 0.411 e. The molecule has 2 aromatic rings. The first-order chi connectivity index (χ1) is 15.4. The van der Waals surface area contributed by atoms with E-state index in [0.29, 0.717) is 47.5 Å². The van der Waals surface area contributed by atoms with Crippen LogP contribution in [0.1, 0.15) is 41.8 Å². The molecule has 32 heavy (non-hydrogen) atoms. The molecule has 2 saturated heterocycles. The van der Waals surface area contributed by atoms with Gasteiger partial charge in [0, 0.05) is 23.6 Å². The van der Waals surface area contributed by atoms with Crippen LogP contribution >= 0.6 is 15.9 Å². The van der Waals surface area contributed by atoms with Crippen molar-refractivity contribution in [1.29, 1.82) is 0 Å². The van der Waals surface area contributed by atoms with E-state index in [1.807, 2.05) is 47.1 Å². The first kappa shape index (κ1) is 22.5. The molecule has 2 atom stereocenters. The van der Waals surface area contributed by atoms with Crippen molar-refractivity contribution in [3.05, 3.63) is 58.1 Å². The van der Waals surface area contributed by atoms with Gasteiger partial charge < -0.3 is 19.1 Å². The highest BCUT2D eigenvalue weighted by Crippen LogP contribution is 2.37. The maximum absolute atomic E-state index is 13.2. The second-order valence-electron chi connectivity index (χ2n) is 8.07. The summed E-state index contributed by atoms with van der Waals surface area (Å²) in [6, 6.07) is 13.3. The molecule has 2 amide bonds. The van der Waals surface area contributed by atoms with Gasteiger partial charge in [-0.2, -0.15) is 0 Å². The second-order valence-corrected chi connectivity index (χ2v) is 8.93. The number of amides is 2. The molecule has 0 bridgehead atoms. The molecule has 2 aromatic carbocycles. The number of hydrogen-bond donors (Lipinski definition) is 0. The van der Waals surface area contributed by atoms with E-state index in [1.54, 1.807) is 26.4 Å². The fraction of sp³-hybridized carbons (Fsp3) is 0.417. The molecule has 4 rings (SSSR count). The average molecular weight is 503 g/mol. The SMILES string of the molecule is COc1cc(Br)c(C(=O)N2CCC(N3C(=O)O[C@H](c4ccccc4)[C@@H]3C)CC2)cc1OC. The zero-order valence-corrected chi connectivity index (χ0v) is 20.0. The highest BCUT2D eigenvalue weighted by atomic mass is 79.9. The highest BCUT2D eigenvalue weighted by Gasteiger charge is 2.44. The molecule has 0 radical (unpaired) electrons. The van der Waals surface area contributed by atoms with E-state index >= 15 is 0 Å². The van der Waals surface area contributed by atoms with Gasteiger partial charge in [0.25, 0.3) is 5.91 Å². The zero-order chi connectivity index (χ0) is 22.8. The largest absolute Gasteiger partial charge is 0.493 e. The minimum Gasteiger partial charge on any atom is -0.493 e. The number of piperidine rings is 1. The molecule has 0 unspecified atom stereocenters. The Morgan fingerprint density at radius 2 is 1.69 bits per heavy atom. The lowest BCUT2D eigenvalue weighted by molar-refractivity contribution is 0.0639. The Balaban J connectivity index is 1.43. The number of methoxy groups -OCH3 is 2. The van der Waals surface area contributed by atoms with Crippen LogP contribution in [-0.4, -0.2) is 61.2 Å². The minimum atomic E-state index is -0.279. The van der Waals surface area contributed by atoms with Crippen molar-refractivity contribution in [1.82, 2.24) is 9.80 Å². The molecule has 170 valence electrons. The summed E-state index contributed by atoms with van der Waals surface area (Å²) < 4.78 is 17.0. The van der Waals surface area contributed by atoms with Crippen LogP contribution in [0.5, 0.6) is 11.5 Å². The number of carbonyl (C=O) groups excluding carboxylic acids is 2. The molecule has 0 saturated carbocycles. The third-order valence-electron chi connectivity index (χ3n) is 6.29. The summed E-state index contributed by atoms with van der Waals surface area (Å²) in [6.45, 7) is 3.16. The molecule has 2 fully saturated rings. The molecular formula is C24H27BrN2O5. The Kier molecular flexibility index (Phi) is 6.60. The first-order valence-electron chi connectivity index (χ1n) is 10.7. The van der Waals surface area contributed by atoms with Crippen molar-refractivity contribution in [3.63, 3.8) is 0 Å². The van der Waals surface area contributed by atoms with Crippen molar-refractivity contribution in [2.24, 2.45) is 0 Å². The number of hydrogen-bond acceptors (Lipinski definition) is 5. The van der Waals surface area contributed by atoms with Gasteiger partial charge in [0.05, 0.1) is 25.8 Å². The normalized spacial score (nSPS) is 21.4. The van der Waals surface area contributed by atoms with Gasteiger partial charge in [0.15, 0.2) is 11.5 Å². The highest BCUT2D eigenvalue weighted by molar-refractivity contribution is 9.10. The number of likely N-dealkylation sites (tertiary alicyclic amines) is 1. The lowest BCUT2D eigenvalue weighted by Gasteiger charge is -2.37. The van der Waals surface area contributed by atoms with E-state index in [-0.39, 0.29) is 30.2 Å². The van der Waals surface area contributed by atoms with Crippen LogP contribution in [0.3, 0.4) is 0 Å². The molecule has 7 nitrogen and oxygen atoms in total. The van der Waals surface area contributed by atoms with Gasteiger partial charge in [-0.1, -0.05) is 30.3 Å². The Hall–Kier alpha value is -2.74. The Morgan fingerprint density at radius 1 is 1.06 bits per heavy atom. The number of halogens is 1. The van der Waals surface area contributed by atoms with Gasteiger partial charge in [0.2, 0.25) is 0 Å². The Bertz CT molecular complexity index is 991. The topological polar surface area (TPSA) is 68.3 Å². The van der Waals surface area contributed by atoms with Crippen molar-refractivity contribution in [2.75, 3.05) is 27.3 Å². The third kappa shape index (κ3) is 4.16. The van der Waals surface area contributed by atoms with Crippen LogP contribution < -0.4 is 9.47 Å². The van der Waals surface area contributed by atoms with E-state index in [4.69, 9.17) is 14.2 Å². The molecule has 8 heteroatoms. The van der Waals surface area contributed by atoms with Crippen LogP contribution in [0, 0.1) is 0 Å². The summed E-state index contributed by atoms with van der Waals surface area (Å²) in [6.07, 6.45) is 0.861. The maximum Gasteiger partial charge on any atom is 0.411 e. The van der Waals surface area contributed by atoms with Crippen LogP contribution in [0.25, 0.3) is 0 Å². The molecular weight excluding hydrogens is 476 g/mol. The number of nitrogens with zero attached hydrogens (tertiary/aromatic N) is 2. The minimum absolute atomic E-state index is 0.0455. The summed E-state index contributed by atoms with van der Waals surface area (Å²) in [5.41, 5.74) is 1.53. The fourth-order valence-electron chi connectivity index (χ4n) is 4.59. The Morgan fingerprint density at radius 3 is 2.31 bits per heavy atom. The van der Waals surface area contributed by atoms with Gasteiger partial charge >= 0.3 is 6.09 Å². The van der Waals surface area contributed by atoms with Crippen molar-refractivity contribution in [2.45, 2.75) is 38.0 Å². The molecule has 2 heterocycles. The molecule has 2 aliphatic heterocycles. The molecule has 2 aliphatic rings. The van der Waals surface area contributed by atoms with Crippen LogP contribution in [-0.2, 0) is 4.74 Å². The van der Waals surface area contributed by atoms with E-state index in [1.165, 1.54) is 0 Å². The predicted octanol–water partition coefficient (Wildman–Crippen LogP) is 4.65. The Labute approximate surface area is 196 Å². The van der Waals surface area contributed by atoms with Crippen LogP contribution in [0.4, 0.5) is 4.79 Å². The van der Waals surface area contributed by atoms with Gasteiger partial charge in [-0.05, 0) is 53.4 Å². The fourth-order valence-corrected chi connectivity index (χ4v) is 5.08. The van der Waals surface area contributed by atoms with E-state index in [2.05, 4.69) is 15.9 Å². The molecule has 0 aromatic heterocycles. The quantitative estimate of drug-likeness (QED) is 0.594. The van der Waals surface area contributed by atoms with Crippen molar-refractivity contribution < 1.29 is 23.8 Å². The van der Waals surface area contributed by atoms with Gasteiger partial charge in [-0.25, -0.2) is 4.79 Å². The lowest BCUT2D eigenvalue weighted by Crippen LogP contribution is -2.49. The summed E-state index contributed by atoms with van der Waals surface area (Å²) in [7, 11) is 3.10. The third-order valence-corrected chi connectivity index (χ3v) is 6.95. The predicted molar refractivity (Wildman–Crippen MR) is 123 cm³/mol. The van der Waals surface area contributed by atoms with Gasteiger partial charge in [0.1, 0.15) is 6.10 Å². The number of ether oxygens (including phenoxy) is 3. The van der Waals surface area contributed by atoms with E-state index in [0.717, 1.165) is 5.56 Å². The standard InChI is InChI=1S/C24H27BrN2O5/c1-15-22(16-7-5-4-6-8-16)32-24(29)27(15)17-9-11-26(12-10-17)23(28)18-13-20(30-2)21(31-3)14-19(18)25/h4-8,13-15,17,22H,9-12H2,1-3H3/t15-,22-/m0/s1. The average Bonchev–Trinajstić information content (AvgIpc) is 3.12. The first-order valence-corrected chi connectivity index (χ1v) is 11.5. The zero-order valence-electron chi connectivity index (χ0n) is 18.4. The van der Waals surface area contributed by atoms with Gasteiger partial charge in [-0.3, -0.25) is 9.69 Å². The monoisotopic (exact) mass is 502 g/mol. The molecule has 0 spiro atoms. The number of benzene rings is 2. The number of carbonyl (C=O) groups is 2. The van der Waals surface area contributed by atoms with Crippen LogP contribution in [0.2, 0.25) is 0 Å². The summed E-state index contributed by atoms with van der Waals surface area (Å²) in [5, 5.41) is 0. The molecule has 0 N–H and O–H groups in total. The summed E-state index contributed by atoms with van der Waals surface area (Å²) >= 11 is 3.48. The number of rotatable bonds is 5. The second kappa shape index (κ2) is 9.40. The molecule has 0 aliphatic carbocycles. The maximum atomic E-state index is 13.2. The lowest BCUT2D eigenvalue weighted by atomic mass is 9.98. The van der Waals surface area contributed by atoms with Crippen LogP contribution in [0.15, 0.2) is 46.9 Å².